The van der Waals surface area contributed by atoms with E-state index in [9.17, 15) is 4.79 Å². The summed E-state index contributed by atoms with van der Waals surface area (Å²) in [6.45, 7) is 13.1. The third-order valence-electron chi connectivity index (χ3n) is 1.29. The molecule has 0 aromatic carbocycles. The Morgan fingerprint density at radius 2 is 1.77 bits per heavy atom. The van der Waals surface area contributed by atoms with E-state index in [2.05, 4.69) is 26.1 Å². The highest BCUT2D eigenvalue weighted by Gasteiger charge is 2.10. The van der Waals surface area contributed by atoms with Gasteiger partial charge in [0.25, 0.3) is 0 Å². The van der Waals surface area contributed by atoms with E-state index in [0.29, 0.717) is 6.42 Å². The van der Waals surface area contributed by atoms with E-state index in [1.165, 1.54) is 0 Å². The molecule has 0 unspecified atom stereocenters. The van der Waals surface area contributed by atoms with Gasteiger partial charge >= 0.3 is 0 Å². The average Bonchev–Trinajstić information content (AvgIpc) is 2.04. The lowest BCUT2D eigenvalue weighted by Crippen LogP contribution is -2.31. The predicted octanol–water partition coefficient (Wildman–Crippen LogP) is 3.22. The Morgan fingerprint density at radius 1 is 1.31 bits per heavy atom. The Kier molecular flexibility index (Phi) is 9.31. The van der Waals surface area contributed by atoms with Crippen molar-refractivity contribution in [2.45, 2.75) is 54.4 Å². The molecule has 0 bridgehead atoms. The van der Waals surface area contributed by atoms with Crippen LogP contribution in [0.3, 0.4) is 0 Å². The van der Waals surface area contributed by atoms with Gasteiger partial charge in [-0.25, -0.2) is 0 Å². The van der Waals surface area contributed by atoms with Crippen molar-refractivity contribution in [3.8, 4) is 0 Å². The molecule has 0 heterocycles. The third-order valence-corrected chi connectivity index (χ3v) is 1.29. The van der Waals surface area contributed by atoms with Crippen molar-refractivity contribution >= 4 is 5.91 Å². The molecule has 0 radical (unpaired) electrons. The molecule has 0 aromatic heterocycles. The Morgan fingerprint density at radius 3 is 2.08 bits per heavy atom. The molecule has 0 rings (SSSR count). The molecule has 0 spiro atoms. The normalized spacial score (nSPS) is 10.0. The second-order valence-electron chi connectivity index (χ2n) is 4.09. The topological polar surface area (TPSA) is 29.1 Å². The van der Waals surface area contributed by atoms with Gasteiger partial charge in [-0.3, -0.25) is 4.79 Å². The average molecular weight is 189 g/mol. The maximum Gasteiger partial charge on any atom is 0.220 e. The lowest BCUT2D eigenvalue weighted by molar-refractivity contribution is -0.121. The molecule has 0 aliphatic rings. The first-order chi connectivity index (χ1) is 5.95. The first-order valence-corrected chi connectivity index (χ1v) is 5.22. The van der Waals surface area contributed by atoms with Crippen LogP contribution in [0.25, 0.3) is 0 Å². The summed E-state index contributed by atoms with van der Waals surface area (Å²) in [5.74, 6) is 0.169. The number of rotatable bonds is 3. The van der Waals surface area contributed by atoms with Crippen LogP contribution >= 0.6 is 0 Å². The monoisotopic (exact) mass is 189 g/mol. The number of nitrogens with one attached hydrogen (secondary N) is 1. The fourth-order valence-corrected chi connectivity index (χ4v) is 0.679. The van der Waals surface area contributed by atoms with Gasteiger partial charge in [0.2, 0.25) is 5.91 Å². The first-order valence-electron chi connectivity index (χ1n) is 5.22. The van der Waals surface area contributed by atoms with Gasteiger partial charge in [-0.1, -0.05) is 41.5 Å². The van der Waals surface area contributed by atoms with E-state index >= 15 is 0 Å². The molecular weight excluding hydrogens is 162 g/mol. The van der Waals surface area contributed by atoms with Crippen molar-refractivity contribution < 1.29 is 6.22 Å². The lowest BCUT2D eigenvalue weighted by Gasteiger charge is -2.18. The van der Waals surface area contributed by atoms with Gasteiger partial charge in [-0.05, 0) is 11.8 Å². The first kappa shape index (κ1) is 15.0. The molecule has 0 saturated carbocycles. The van der Waals surface area contributed by atoms with Crippen LogP contribution in [-0.2, 0) is 4.79 Å². The summed E-state index contributed by atoms with van der Waals surface area (Å²) in [7, 11) is 0. The van der Waals surface area contributed by atoms with Gasteiger partial charge in [0, 0.05) is 14.4 Å². The summed E-state index contributed by atoms with van der Waals surface area (Å²) in [6.07, 6.45) is 1.58. The number of carbonyl (C=O) groups is 1. The maximum absolute atomic E-state index is 11.0. The zero-order valence-electron chi connectivity index (χ0n) is 10.0. The molecule has 0 fully saturated rings. The second kappa shape index (κ2) is 8.09. The van der Waals surface area contributed by atoms with Gasteiger partial charge in [-0.2, -0.15) is 0 Å². The third kappa shape index (κ3) is 14.3. The van der Waals surface area contributed by atoms with Crippen LogP contribution in [0.1, 0.15) is 55.8 Å². The van der Waals surface area contributed by atoms with Gasteiger partial charge in [0.05, 0.1) is 0 Å². The largest absolute Gasteiger partial charge is 0.356 e. The van der Waals surface area contributed by atoms with Crippen LogP contribution in [0.5, 0.6) is 0 Å². The van der Waals surface area contributed by atoms with Crippen LogP contribution in [-0.4, -0.2) is 12.5 Å². The minimum atomic E-state index is 0. The summed E-state index contributed by atoms with van der Waals surface area (Å²) in [4.78, 5) is 11.0. The molecule has 13 heavy (non-hydrogen) atoms. The van der Waals surface area contributed by atoms with Crippen molar-refractivity contribution in [1.29, 1.82) is 0 Å². The number of carbonyl (C=O) groups excluding carboxylic acids is 1. The minimum Gasteiger partial charge on any atom is -0.356 e. The zero-order valence-corrected chi connectivity index (χ0v) is 10.0. The van der Waals surface area contributed by atoms with Crippen LogP contribution in [0.4, 0.5) is 0 Å². The van der Waals surface area contributed by atoms with Crippen LogP contribution in [0, 0.1) is 5.41 Å². The van der Waals surface area contributed by atoms with E-state index in [1.54, 1.807) is 0 Å². The van der Waals surface area contributed by atoms with E-state index in [1.807, 2.05) is 20.8 Å². The Balaban J connectivity index is -0.000000376. The fraction of sp³-hybridized carbons (Fsp3) is 0.909. The summed E-state index contributed by atoms with van der Waals surface area (Å²) in [5.41, 5.74) is 0.198. The molecule has 0 saturated heterocycles. The van der Waals surface area contributed by atoms with Crippen molar-refractivity contribution in [3.05, 3.63) is 0 Å². The second-order valence-corrected chi connectivity index (χ2v) is 4.09. The van der Waals surface area contributed by atoms with Crippen molar-refractivity contribution in [2.75, 3.05) is 6.54 Å². The molecule has 0 aliphatic heterocycles. The van der Waals surface area contributed by atoms with Gasteiger partial charge in [0.1, 0.15) is 0 Å². The molecule has 0 aliphatic carbocycles. The van der Waals surface area contributed by atoms with E-state index in [-0.39, 0.29) is 12.7 Å². The SMILES string of the molecule is CC.CCCC(=O)NCC(C)(C)C.[HH]. The number of hydrogen-bond donors (Lipinski definition) is 1. The van der Waals surface area contributed by atoms with Crippen LogP contribution < -0.4 is 5.32 Å². The quantitative estimate of drug-likeness (QED) is 0.725. The van der Waals surface area contributed by atoms with E-state index in [4.69, 9.17) is 0 Å². The molecule has 1 amide bonds. The lowest BCUT2D eigenvalue weighted by atomic mass is 9.97. The molecular formula is C11H27NO. The predicted molar refractivity (Wildman–Crippen MR) is 60.8 cm³/mol. The maximum atomic E-state index is 11.0. The van der Waals surface area contributed by atoms with E-state index < -0.39 is 0 Å². The standard InChI is InChI=1S/C9H19NO.C2H6.H2/c1-5-6-8(11)10-7-9(2,3)4;1-2;/h5-7H2,1-4H3,(H,10,11);1-2H3;1H. The van der Waals surface area contributed by atoms with Gasteiger partial charge in [0.15, 0.2) is 0 Å². The van der Waals surface area contributed by atoms with Crippen LogP contribution in [0.15, 0.2) is 0 Å². The summed E-state index contributed by atoms with van der Waals surface area (Å²) < 4.78 is 0. The highest BCUT2D eigenvalue weighted by Crippen LogP contribution is 2.10. The molecule has 82 valence electrons. The molecule has 2 heteroatoms. The number of amides is 1. The van der Waals surface area contributed by atoms with E-state index in [0.717, 1.165) is 13.0 Å². The number of hydrogen-bond acceptors (Lipinski definition) is 1. The van der Waals surface area contributed by atoms with Crippen molar-refractivity contribution in [2.24, 2.45) is 5.41 Å². The Hall–Kier alpha value is -0.530. The van der Waals surface area contributed by atoms with Gasteiger partial charge < -0.3 is 5.32 Å². The highest BCUT2D eigenvalue weighted by atomic mass is 16.1. The molecule has 0 atom stereocenters. The van der Waals surface area contributed by atoms with Crippen LogP contribution in [0.2, 0.25) is 0 Å². The Bertz CT molecular complexity index is 130. The molecule has 0 aromatic rings. The smallest absolute Gasteiger partial charge is 0.220 e. The summed E-state index contributed by atoms with van der Waals surface area (Å²) >= 11 is 0. The molecule has 1 N–H and O–H groups in total. The Labute approximate surface area is 84.6 Å². The molecule has 2 nitrogen and oxygen atoms in total. The minimum absolute atomic E-state index is 0. The highest BCUT2D eigenvalue weighted by molar-refractivity contribution is 5.75. The van der Waals surface area contributed by atoms with Gasteiger partial charge in [-0.15, -0.1) is 0 Å². The van der Waals surface area contributed by atoms with Crippen molar-refractivity contribution in [3.63, 3.8) is 0 Å². The zero-order chi connectivity index (χ0) is 10.9. The summed E-state index contributed by atoms with van der Waals surface area (Å²) in [6, 6.07) is 0. The van der Waals surface area contributed by atoms with Crippen molar-refractivity contribution in [1.82, 2.24) is 5.32 Å². The summed E-state index contributed by atoms with van der Waals surface area (Å²) in [5, 5.41) is 2.88. The fourth-order valence-electron chi connectivity index (χ4n) is 0.679.